The van der Waals surface area contributed by atoms with Gasteiger partial charge in [0.1, 0.15) is 6.61 Å². The molecule has 0 fully saturated rings. The third-order valence-corrected chi connectivity index (χ3v) is 5.73. The molecule has 1 atom stereocenters. The smallest absolute Gasteiger partial charge is 0.317 e. The van der Waals surface area contributed by atoms with Gasteiger partial charge in [-0.25, -0.2) is 13.6 Å². The molecular weight excluding hydrogens is 456 g/mol. The number of fused-ring (bicyclic) bond motifs is 1. The Morgan fingerprint density at radius 2 is 1.91 bits per heavy atom. The van der Waals surface area contributed by atoms with E-state index in [1.807, 2.05) is 30.3 Å². The highest BCUT2D eigenvalue weighted by atomic mass is 19.2. The Hall–Kier alpha value is -3.59. The van der Waals surface area contributed by atoms with Crippen LogP contribution in [0.4, 0.5) is 13.6 Å². The molecule has 0 unspecified atom stereocenters. The van der Waals surface area contributed by atoms with Gasteiger partial charge in [-0.05, 0) is 30.4 Å². The molecule has 0 aliphatic heterocycles. The predicted molar refractivity (Wildman–Crippen MR) is 127 cm³/mol. The molecule has 35 heavy (non-hydrogen) atoms. The molecule has 0 aliphatic carbocycles. The maximum atomic E-state index is 13.8. The summed E-state index contributed by atoms with van der Waals surface area (Å²) in [5.74, 6) is -2.43. The van der Waals surface area contributed by atoms with Gasteiger partial charge in [0, 0.05) is 49.5 Å². The topological polar surface area (TPSA) is 91.8 Å². The van der Waals surface area contributed by atoms with Gasteiger partial charge in [-0.3, -0.25) is 9.78 Å². The van der Waals surface area contributed by atoms with E-state index in [4.69, 9.17) is 4.74 Å². The lowest BCUT2D eigenvalue weighted by Crippen LogP contribution is -2.45. The van der Waals surface area contributed by atoms with Gasteiger partial charge in [-0.1, -0.05) is 36.4 Å². The average molecular weight is 486 g/mol. The molecule has 186 valence electrons. The summed E-state index contributed by atoms with van der Waals surface area (Å²) >= 11 is 0. The lowest BCUT2D eigenvalue weighted by molar-refractivity contribution is -0.145. The minimum Gasteiger partial charge on any atom is -0.463 e. The van der Waals surface area contributed by atoms with Crippen LogP contribution >= 0.6 is 0 Å². The van der Waals surface area contributed by atoms with E-state index in [2.05, 4.69) is 10.3 Å². The van der Waals surface area contributed by atoms with Crippen LogP contribution in [0.5, 0.6) is 0 Å². The number of carbonyl (C=O) groups is 2. The van der Waals surface area contributed by atoms with Crippen molar-refractivity contribution in [2.24, 2.45) is 0 Å². The van der Waals surface area contributed by atoms with Gasteiger partial charge in [-0.15, -0.1) is 0 Å². The number of rotatable bonds is 11. The number of nitrogens with zero attached hydrogens (tertiary/aromatic N) is 2. The number of aromatic nitrogens is 1. The number of aryl methyl sites for hydroxylation is 1. The van der Waals surface area contributed by atoms with E-state index in [1.165, 1.54) is 24.1 Å². The number of halogens is 2. The molecule has 2 N–H and O–H groups in total. The second-order valence-corrected chi connectivity index (χ2v) is 8.21. The van der Waals surface area contributed by atoms with Crippen molar-refractivity contribution in [3.05, 3.63) is 77.6 Å². The molecule has 3 rings (SSSR count). The number of aliphatic hydroxyl groups excluding tert-OH is 1. The number of amides is 2. The van der Waals surface area contributed by atoms with Crippen molar-refractivity contribution in [3.63, 3.8) is 0 Å². The van der Waals surface area contributed by atoms with Crippen molar-refractivity contribution < 1.29 is 28.2 Å². The van der Waals surface area contributed by atoms with Crippen LogP contribution in [0.2, 0.25) is 0 Å². The van der Waals surface area contributed by atoms with Crippen LogP contribution in [0.1, 0.15) is 30.5 Å². The fourth-order valence-electron chi connectivity index (χ4n) is 3.62. The van der Waals surface area contributed by atoms with Crippen LogP contribution in [0, 0.1) is 11.6 Å². The normalized spacial score (nSPS) is 11.8. The largest absolute Gasteiger partial charge is 0.463 e. The van der Waals surface area contributed by atoms with E-state index >= 15 is 0 Å². The molecule has 2 aromatic carbocycles. The number of esters is 1. The maximum absolute atomic E-state index is 13.8. The summed E-state index contributed by atoms with van der Waals surface area (Å²) < 4.78 is 32.6. The molecule has 0 bridgehead atoms. The summed E-state index contributed by atoms with van der Waals surface area (Å²) in [6.07, 6.45) is 3.12. The quantitative estimate of drug-likeness (QED) is 0.401. The summed E-state index contributed by atoms with van der Waals surface area (Å²) in [6, 6.07) is 12.5. The molecule has 0 spiro atoms. The number of nitrogens with one attached hydrogen (secondary N) is 1. The van der Waals surface area contributed by atoms with Crippen LogP contribution in [0.3, 0.4) is 0 Å². The van der Waals surface area contributed by atoms with Crippen LogP contribution in [0.25, 0.3) is 10.8 Å². The Morgan fingerprint density at radius 3 is 2.69 bits per heavy atom. The van der Waals surface area contributed by atoms with Crippen LogP contribution in [-0.2, 0) is 22.5 Å². The summed E-state index contributed by atoms with van der Waals surface area (Å²) in [5.41, 5.74) is 0.797. The Bertz CT molecular complexity index is 1160. The van der Waals surface area contributed by atoms with Gasteiger partial charge in [0.15, 0.2) is 11.6 Å². The highest BCUT2D eigenvalue weighted by Gasteiger charge is 2.22. The zero-order valence-electron chi connectivity index (χ0n) is 19.5. The maximum Gasteiger partial charge on any atom is 0.317 e. The molecule has 7 nitrogen and oxygen atoms in total. The lowest BCUT2D eigenvalue weighted by Gasteiger charge is -2.28. The molecule has 0 saturated heterocycles. The van der Waals surface area contributed by atoms with Gasteiger partial charge in [-0.2, -0.15) is 0 Å². The van der Waals surface area contributed by atoms with Crippen molar-refractivity contribution in [3.8, 4) is 0 Å². The zero-order chi connectivity index (χ0) is 25.2. The summed E-state index contributed by atoms with van der Waals surface area (Å²) in [5, 5.41) is 13.8. The van der Waals surface area contributed by atoms with Crippen molar-refractivity contribution in [2.45, 2.75) is 38.3 Å². The fraction of sp³-hybridized carbons (Fsp3) is 0.346. The Kier molecular flexibility index (Phi) is 9.48. The first-order chi connectivity index (χ1) is 16.9. The van der Waals surface area contributed by atoms with E-state index in [9.17, 15) is 23.5 Å². The Balaban J connectivity index is 1.51. The number of aliphatic hydroxyl groups is 1. The molecule has 0 aliphatic rings. The number of likely N-dealkylation sites (N-methyl/N-ethyl adjacent to an activating group) is 1. The molecule has 3 aromatic rings. The molecule has 0 saturated carbocycles. The summed E-state index contributed by atoms with van der Waals surface area (Å²) in [6.45, 7) is -0.331. The van der Waals surface area contributed by atoms with Crippen molar-refractivity contribution >= 4 is 22.8 Å². The zero-order valence-corrected chi connectivity index (χ0v) is 19.5. The SMILES string of the molecule is CN(C(=O)NCc1cccc(F)c1F)[C@@H](CCCO)COC(=O)CCc1cc2ccccc2cn1. The summed E-state index contributed by atoms with van der Waals surface area (Å²) in [4.78, 5) is 30.6. The van der Waals surface area contributed by atoms with Gasteiger partial charge in [0.25, 0.3) is 0 Å². The van der Waals surface area contributed by atoms with E-state index in [0.29, 0.717) is 19.3 Å². The molecular formula is C26H29F2N3O4. The fourth-order valence-corrected chi connectivity index (χ4v) is 3.62. The van der Waals surface area contributed by atoms with Gasteiger partial charge < -0.3 is 20.1 Å². The van der Waals surface area contributed by atoms with Gasteiger partial charge >= 0.3 is 12.0 Å². The molecule has 2 amide bonds. The predicted octanol–water partition coefficient (Wildman–Crippen LogP) is 3.97. The van der Waals surface area contributed by atoms with Crippen molar-refractivity contribution in [2.75, 3.05) is 20.3 Å². The number of ether oxygens (including phenoxy) is 1. The lowest BCUT2D eigenvalue weighted by atomic mass is 10.1. The molecule has 0 radical (unpaired) electrons. The average Bonchev–Trinajstić information content (AvgIpc) is 2.87. The van der Waals surface area contributed by atoms with Crippen LogP contribution in [0.15, 0.2) is 54.7 Å². The first kappa shape index (κ1) is 26.0. The second kappa shape index (κ2) is 12.8. The summed E-state index contributed by atoms with van der Waals surface area (Å²) in [7, 11) is 1.52. The number of pyridine rings is 1. The van der Waals surface area contributed by atoms with Crippen molar-refractivity contribution in [1.82, 2.24) is 15.2 Å². The first-order valence-electron chi connectivity index (χ1n) is 11.4. The highest BCUT2D eigenvalue weighted by molar-refractivity contribution is 5.82. The number of benzene rings is 2. The first-order valence-corrected chi connectivity index (χ1v) is 11.4. The Labute approximate surface area is 202 Å². The van der Waals surface area contributed by atoms with E-state index in [-0.39, 0.29) is 31.7 Å². The third-order valence-electron chi connectivity index (χ3n) is 5.73. The minimum atomic E-state index is -1.01. The van der Waals surface area contributed by atoms with Crippen LogP contribution < -0.4 is 5.32 Å². The van der Waals surface area contributed by atoms with Gasteiger partial charge in [0.2, 0.25) is 0 Å². The monoisotopic (exact) mass is 485 g/mol. The number of urea groups is 1. The number of hydrogen-bond acceptors (Lipinski definition) is 5. The van der Waals surface area contributed by atoms with Crippen molar-refractivity contribution in [1.29, 1.82) is 0 Å². The van der Waals surface area contributed by atoms with E-state index in [1.54, 1.807) is 6.20 Å². The number of carbonyl (C=O) groups excluding carboxylic acids is 2. The second-order valence-electron chi connectivity index (χ2n) is 8.21. The highest BCUT2D eigenvalue weighted by Crippen LogP contribution is 2.15. The van der Waals surface area contributed by atoms with E-state index in [0.717, 1.165) is 22.5 Å². The van der Waals surface area contributed by atoms with Gasteiger partial charge in [0.05, 0.1) is 12.5 Å². The van der Waals surface area contributed by atoms with Crippen LogP contribution in [-0.4, -0.2) is 53.3 Å². The molecule has 9 heteroatoms. The molecule has 1 aromatic heterocycles. The van der Waals surface area contributed by atoms with E-state index < -0.39 is 29.7 Å². The third kappa shape index (κ3) is 7.45. The Morgan fingerprint density at radius 1 is 1.14 bits per heavy atom. The number of hydrogen-bond donors (Lipinski definition) is 2. The standard InChI is InChI=1S/C26H29F2N3O4/c1-31(26(34)30-16-20-8-4-10-23(27)25(20)28)22(9-5-13-32)17-35-24(33)12-11-21-14-18-6-2-3-7-19(18)15-29-21/h2-4,6-8,10,14-15,22,32H,5,9,11-13,16-17H2,1H3,(H,30,34)/t22-/m0/s1. The minimum absolute atomic E-state index is 0.0207. The molecule has 1 heterocycles.